The van der Waals surface area contributed by atoms with Crippen molar-refractivity contribution in [2.75, 3.05) is 17.2 Å². The van der Waals surface area contributed by atoms with Crippen molar-refractivity contribution in [3.8, 4) is 5.75 Å². The minimum Gasteiger partial charge on any atom is -0.489 e. The van der Waals surface area contributed by atoms with Crippen LogP contribution in [0.3, 0.4) is 0 Å². The van der Waals surface area contributed by atoms with Crippen LogP contribution < -0.4 is 15.4 Å². The van der Waals surface area contributed by atoms with Crippen molar-refractivity contribution in [3.63, 3.8) is 0 Å². The summed E-state index contributed by atoms with van der Waals surface area (Å²) in [5, 5.41) is 6.71. The number of nitrogens with one attached hydrogen (secondary N) is 2. The highest BCUT2D eigenvalue weighted by Gasteiger charge is 2.09. The molecule has 4 nitrogen and oxygen atoms in total. The smallest absolute Gasteiger partial charge is 0.243 e. The van der Waals surface area contributed by atoms with E-state index in [9.17, 15) is 4.79 Å². The minimum absolute atomic E-state index is 0.0702. The lowest BCUT2D eigenvalue weighted by molar-refractivity contribution is -0.114. The maximum absolute atomic E-state index is 12.1. The molecule has 0 saturated heterocycles. The van der Waals surface area contributed by atoms with Gasteiger partial charge in [0.15, 0.2) is 0 Å². The number of rotatable bonds is 7. The number of carbonyl (C=O) groups excluding carboxylic acids is 1. The highest BCUT2D eigenvalue weighted by atomic mass is 35.5. The van der Waals surface area contributed by atoms with E-state index in [0.29, 0.717) is 27.4 Å². The molecule has 0 saturated carbocycles. The molecule has 0 aliphatic heterocycles. The number of anilines is 2. The van der Waals surface area contributed by atoms with E-state index in [2.05, 4.69) is 10.6 Å². The van der Waals surface area contributed by atoms with E-state index in [1.807, 2.05) is 54.6 Å². The van der Waals surface area contributed by atoms with Gasteiger partial charge < -0.3 is 15.4 Å². The molecule has 0 aliphatic rings. The normalized spacial score (nSPS) is 10.4. The van der Waals surface area contributed by atoms with Gasteiger partial charge in [0.1, 0.15) is 12.4 Å². The molecule has 28 heavy (non-hydrogen) atoms. The Morgan fingerprint density at radius 3 is 2.25 bits per heavy atom. The van der Waals surface area contributed by atoms with Crippen molar-refractivity contribution in [2.24, 2.45) is 0 Å². The summed E-state index contributed by atoms with van der Waals surface area (Å²) in [4.78, 5) is 12.1. The molecule has 0 spiro atoms. The highest BCUT2D eigenvalue weighted by Crippen LogP contribution is 2.32. The summed E-state index contributed by atoms with van der Waals surface area (Å²) in [6, 6.07) is 20.3. The molecule has 0 heterocycles. The van der Waals surface area contributed by atoms with Gasteiger partial charge in [0.2, 0.25) is 5.91 Å². The van der Waals surface area contributed by atoms with E-state index < -0.39 is 0 Å². The van der Waals surface area contributed by atoms with Crippen LogP contribution in [0.25, 0.3) is 0 Å². The van der Waals surface area contributed by atoms with Crippen molar-refractivity contribution in [1.82, 2.24) is 0 Å². The van der Waals surface area contributed by atoms with E-state index in [1.165, 1.54) is 12.1 Å². The second-order valence-electron chi connectivity index (χ2n) is 5.95. The van der Waals surface area contributed by atoms with Gasteiger partial charge in [-0.3, -0.25) is 4.79 Å². The number of halogens is 3. The zero-order chi connectivity index (χ0) is 19.9. The van der Waals surface area contributed by atoms with Gasteiger partial charge in [0, 0.05) is 5.69 Å². The summed E-state index contributed by atoms with van der Waals surface area (Å²) in [6.45, 7) is 0.571. The number of benzene rings is 3. The van der Waals surface area contributed by atoms with Crippen molar-refractivity contribution < 1.29 is 9.53 Å². The van der Waals surface area contributed by atoms with Crippen LogP contribution in [0.1, 0.15) is 5.56 Å². The van der Waals surface area contributed by atoms with Crippen LogP contribution in [-0.4, -0.2) is 12.5 Å². The lowest BCUT2D eigenvalue weighted by atomic mass is 10.2. The number of amides is 1. The molecule has 1 amide bonds. The number of hydrogen-bond acceptors (Lipinski definition) is 3. The molecule has 3 rings (SSSR count). The third-order valence-corrected chi connectivity index (χ3v) is 4.87. The van der Waals surface area contributed by atoms with Gasteiger partial charge >= 0.3 is 0 Å². The average Bonchev–Trinajstić information content (AvgIpc) is 2.70. The third kappa shape index (κ3) is 5.80. The number of carbonyl (C=O) groups is 1. The first-order chi connectivity index (χ1) is 13.5. The van der Waals surface area contributed by atoms with Crippen LogP contribution in [-0.2, 0) is 11.4 Å². The first-order valence-electron chi connectivity index (χ1n) is 8.46. The topological polar surface area (TPSA) is 50.4 Å². The second-order valence-corrected chi connectivity index (χ2v) is 7.17. The molecular formula is C21H17Cl3N2O2. The Morgan fingerprint density at radius 1 is 0.857 bits per heavy atom. The van der Waals surface area contributed by atoms with E-state index >= 15 is 0 Å². The quantitative estimate of drug-likeness (QED) is 0.430. The Labute approximate surface area is 178 Å². The first kappa shape index (κ1) is 20.3. The van der Waals surface area contributed by atoms with E-state index in [0.717, 1.165) is 17.0 Å². The molecule has 3 aromatic carbocycles. The van der Waals surface area contributed by atoms with Gasteiger partial charge in [0.25, 0.3) is 0 Å². The molecule has 0 aromatic heterocycles. The molecule has 0 aliphatic carbocycles. The summed E-state index contributed by atoms with van der Waals surface area (Å²) in [7, 11) is 0. The van der Waals surface area contributed by atoms with Crippen molar-refractivity contribution >= 4 is 52.1 Å². The van der Waals surface area contributed by atoms with Crippen molar-refractivity contribution in [3.05, 3.63) is 87.4 Å². The van der Waals surface area contributed by atoms with Gasteiger partial charge in [-0.05, 0) is 42.0 Å². The fourth-order valence-electron chi connectivity index (χ4n) is 2.41. The molecule has 0 atom stereocenters. The van der Waals surface area contributed by atoms with Gasteiger partial charge in [-0.2, -0.15) is 0 Å². The number of hydrogen-bond donors (Lipinski definition) is 2. The molecule has 0 fully saturated rings. The summed E-state index contributed by atoms with van der Waals surface area (Å²) >= 11 is 17.9. The molecule has 144 valence electrons. The van der Waals surface area contributed by atoms with Crippen LogP contribution in [0.4, 0.5) is 11.4 Å². The Hall–Kier alpha value is -2.40. The third-order valence-electron chi connectivity index (χ3n) is 3.84. The fraction of sp³-hybridized carbons (Fsp3) is 0.0952. The summed E-state index contributed by atoms with van der Waals surface area (Å²) in [5.41, 5.74) is 2.30. The summed E-state index contributed by atoms with van der Waals surface area (Å²) < 4.78 is 5.74. The van der Waals surface area contributed by atoms with E-state index in [4.69, 9.17) is 39.5 Å². The Balaban J connectivity index is 1.49. The van der Waals surface area contributed by atoms with Crippen molar-refractivity contribution in [2.45, 2.75) is 6.61 Å². The largest absolute Gasteiger partial charge is 0.489 e. The molecule has 0 unspecified atom stereocenters. The van der Waals surface area contributed by atoms with Gasteiger partial charge in [-0.15, -0.1) is 0 Å². The van der Waals surface area contributed by atoms with Crippen LogP contribution in [0.15, 0.2) is 66.7 Å². The Bertz CT molecular complexity index is 948. The van der Waals surface area contributed by atoms with Gasteiger partial charge in [-0.1, -0.05) is 65.1 Å². The zero-order valence-corrected chi connectivity index (χ0v) is 17.0. The standard InChI is InChI=1S/C21H17Cl3N2O2/c22-17-10-19(24)20(11-18(17)23)26-21(27)12-25-15-6-8-16(9-7-15)28-13-14-4-2-1-3-5-14/h1-11,25H,12-13H2,(H,26,27). The molecule has 0 radical (unpaired) electrons. The summed E-state index contributed by atoms with van der Waals surface area (Å²) in [5.74, 6) is 0.492. The zero-order valence-electron chi connectivity index (χ0n) is 14.7. The van der Waals surface area contributed by atoms with E-state index in [1.54, 1.807) is 0 Å². The predicted octanol–water partition coefficient (Wildman–Crippen LogP) is 6.28. The van der Waals surface area contributed by atoms with Gasteiger partial charge in [-0.25, -0.2) is 0 Å². The second kappa shape index (κ2) is 9.69. The first-order valence-corrected chi connectivity index (χ1v) is 9.60. The molecular weight excluding hydrogens is 419 g/mol. The Morgan fingerprint density at radius 2 is 1.54 bits per heavy atom. The average molecular weight is 436 g/mol. The number of ether oxygens (including phenoxy) is 1. The SMILES string of the molecule is O=C(CNc1ccc(OCc2ccccc2)cc1)Nc1cc(Cl)c(Cl)cc1Cl. The fourth-order valence-corrected chi connectivity index (χ4v) is 3.00. The van der Waals surface area contributed by atoms with Gasteiger partial charge in [0.05, 0.1) is 27.3 Å². The lowest BCUT2D eigenvalue weighted by Crippen LogP contribution is -2.21. The molecule has 3 aromatic rings. The maximum atomic E-state index is 12.1. The van der Waals surface area contributed by atoms with Crippen LogP contribution in [0.5, 0.6) is 5.75 Å². The van der Waals surface area contributed by atoms with Crippen molar-refractivity contribution in [1.29, 1.82) is 0 Å². The van der Waals surface area contributed by atoms with Crippen LogP contribution in [0.2, 0.25) is 15.1 Å². The predicted molar refractivity (Wildman–Crippen MR) is 116 cm³/mol. The minimum atomic E-state index is -0.260. The maximum Gasteiger partial charge on any atom is 0.243 e. The highest BCUT2D eigenvalue weighted by molar-refractivity contribution is 6.44. The van der Waals surface area contributed by atoms with Crippen LogP contribution >= 0.6 is 34.8 Å². The lowest BCUT2D eigenvalue weighted by Gasteiger charge is -2.11. The summed E-state index contributed by atoms with van der Waals surface area (Å²) in [6.07, 6.45) is 0. The van der Waals surface area contributed by atoms with E-state index in [-0.39, 0.29) is 12.5 Å². The molecule has 2 N–H and O–H groups in total. The molecule has 7 heteroatoms. The Kier molecular flexibility index (Phi) is 7.04. The molecule has 0 bridgehead atoms. The van der Waals surface area contributed by atoms with Crippen LogP contribution in [0, 0.1) is 0 Å². The monoisotopic (exact) mass is 434 g/mol.